The SMILES string of the molecule is Cc1nc(C(=O)Nc2ccc(Cl)cc2C)cc(N2CCc3ccccc32)n1. The lowest BCUT2D eigenvalue weighted by atomic mass is 10.2. The molecule has 1 N–H and O–H groups in total. The van der Waals surface area contributed by atoms with Crippen LogP contribution >= 0.6 is 11.6 Å². The van der Waals surface area contributed by atoms with Crippen molar-refractivity contribution in [2.24, 2.45) is 0 Å². The summed E-state index contributed by atoms with van der Waals surface area (Å²) in [6.07, 6.45) is 0.963. The normalized spacial score (nSPS) is 12.8. The van der Waals surface area contributed by atoms with E-state index in [0.29, 0.717) is 22.2 Å². The molecule has 4 rings (SSSR count). The molecule has 1 aromatic heterocycles. The summed E-state index contributed by atoms with van der Waals surface area (Å²) in [5.74, 6) is 1.04. The van der Waals surface area contributed by atoms with Gasteiger partial charge < -0.3 is 10.2 Å². The molecule has 0 spiro atoms. The van der Waals surface area contributed by atoms with Crippen LogP contribution in [0.5, 0.6) is 0 Å². The van der Waals surface area contributed by atoms with Crippen LogP contribution < -0.4 is 10.2 Å². The number of fused-ring (bicyclic) bond motifs is 1. The number of nitrogens with zero attached hydrogens (tertiary/aromatic N) is 3. The minimum Gasteiger partial charge on any atom is -0.326 e. The Bertz CT molecular complexity index is 1030. The Morgan fingerprint density at radius 1 is 1.11 bits per heavy atom. The fourth-order valence-corrected chi connectivity index (χ4v) is 3.56. The average Bonchev–Trinajstić information content (AvgIpc) is 3.07. The zero-order valence-electron chi connectivity index (χ0n) is 15.2. The summed E-state index contributed by atoms with van der Waals surface area (Å²) >= 11 is 5.99. The quantitative estimate of drug-likeness (QED) is 0.718. The average molecular weight is 379 g/mol. The number of anilines is 3. The first-order chi connectivity index (χ1) is 13.0. The molecule has 2 aromatic carbocycles. The number of carbonyl (C=O) groups is 1. The molecule has 27 heavy (non-hydrogen) atoms. The minimum absolute atomic E-state index is 0.264. The molecule has 0 unspecified atom stereocenters. The molecule has 0 fully saturated rings. The number of aromatic nitrogens is 2. The van der Waals surface area contributed by atoms with Crippen molar-refractivity contribution in [1.29, 1.82) is 0 Å². The second-order valence-corrected chi connectivity index (χ2v) is 7.04. The third kappa shape index (κ3) is 3.51. The Labute approximate surface area is 163 Å². The molecule has 0 bridgehead atoms. The number of nitrogens with one attached hydrogen (secondary N) is 1. The number of para-hydroxylation sites is 1. The van der Waals surface area contributed by atoms with Crippen molar-refractivity contribution in [3.05, 3.63) is 76.2 Å². The van der Waals surface area contributed by atoms with E-state index >= 15 is 0 Å². The number of aryl methyl sites for hydroxylation is 2. The summed E-state index contributed by atoms with van der Waals surface area (Å²) in [6.45, 7) is 4.54. The fraction of sp³-hybridized carbons (Fsp3) is 0.190. The molecular weight excluding hydrogens is 360 g/mol. The highest BCUT2D eigenvalue weighted by Gasteiger charge is 2.22. The molecule has 0 saturated carbocycles. The summed E-state index contributed by atoms with van der Waals surface area (Å²) < 4.78 is 0. The van der Waals surface area contributed by atoms with Gasteiger partial charge in [0.05, 0.1) is 0 Å². The van der Waals surface area contributed by atoms with E-state index in [9.17, 15) is 4.79 Å². The predicted molar refractivity (Wildman–Crippen MR) is 108 cm³/mol. The zero-order chi connectivity index (χ0) is 19.0. The van der Waals surface area contributed by atoms with Crippen molar-refractivity contribution in [3.8, 4) is 0 Å². The predicted octanol–water partition coefficient (Wildman–Crippen LogP) is 4.69. The topological polar surface area (TPSA) is 58.1 Å². The van der Waals surface area contributed by atoms with Crippen molar-refractivity contribution in [2.45, 2.75) is 20.3 Å². The van der Waals surface area contributed by atoms with Crippen LogP contribution in [0, 0.1) is 13.8 Å². The van der Waals surface area contributed by atoms with Gasteiger partial charge in [-0.2, -0.15) is 0 Å². The number of hydrogen-bond donors (Lipinski definition) is 1. The highest BCUT2D eigenvalue weighted by molar-refractivity contribution is 6.30. The van der Waals surface area contributed by atoms with E-state index in [1.807, 2.05) is 25.1 Å². The van der Waals surface area contributed by atoms with Crippen molar-refractivity contribution < 1.29 is 4.79 Å². The molecule has 0 radical (unpaired) electrons. The summed E-state index contributed by atoms with van der Waals surface area (Å²) in [5, 5.41) is 3.55. The minimum atomic E-state index is -0.264. The molecule has 2 heterocycles. The molecule has 1 aliphatic heterocycles. The first kappa shape index (κ1) is 17.5. The van der Waals surface area contributed by atoms with Crippen LogP contribution in [0.2, 0.25) is 5.02 Å². The highest BCUT2D eigenvalue weighted by atomic mass is 35.5. The first-order valence-corrected chi connectivity index (χ1v) is 9.18. The standard InChI is InChI=1S/C21H19ClN4O/c1-13-11-16(22)7-8-17(13)25-21(27)18-12-20(24-14(2)23-18)26-10-9-15-5-3-4-6-19(15)26/h3-8,11-12H,9-10H2,1-2H3,(H,25,27). The number of halogens is 1. The molecule has 0 atom stereocenters. The van der Waals surface area contributed by atoms with Gasteiger partial charge in [0.25, 0.3) is 5.91 Å². The van der Waals surface area contributed by atoms with Crippen LogP contribution in [0.25, 0.3) is 0 Å². The maximum absolute atomic E-state index is 12.8. The third-order valence-electron chi connectivity index (χ3n) is 4.66. The van der Waals surface area contributed by atoms with E-state index in [1.54, 1.807) is 25.1 Å². The zero-order valence-corrected chi connectivity index (χ0v) is 15.9. The molecule has 1 amide bonds. The van der Waals surface area contributed by atoms with Crippen LogP contribution in [-0.2, 0) is 6.42 Å². The van der Waals surface area contributed by atoms with Gasteiger partial charge in [-0.15, -0.1) is 0 Å². The Hall–Kier alpha value is -2.92. The van der Waals surface area contributed by atoms with Gasteiger partial charge in [0.2, 0.25) is 0 Å². The van der Waals surface area contributed by atoms with E-state index in [1.165, 1.54) is 5.56 Å². The van der Waals surface area contributed by atoms with Gasteiger partial charge in [-0.1, -0.05) is 29.8 Å². The van der Waals surface area contributed by atoms with Gasteiger partial charge in [-0.05, 0) is 55.7 Å². The molecule has 3 aromatic rings. The molecule has 0 aliphatic carbocycles. The van der Waals surface area contributed by atoms with Gasteiger partial charge in [-0.25, -0.2) is 9.97 Å². The van der Waals surface area contributed by atoms with Gasteiger partial charge in [-0.3, -0.25) is 4.79 Å². The van der Waals surface area contributed by atoms with E-state index in [-0.39, 0.29) is 5.91 Å². The first-order valence-electron chi connectivity index (χ1n) is 8.80. The summed E-state index contributed by atoms with van der Waals surface area (Å²) in [4.78, 5) is 23.8. The van der Waals surface area contributed by atoms with Crippen molar-refractivity contribution in [2.75, 3.05) is 16.8 Å². The van der Waals surface area contributed by atoms with Crippen molar-refractivity contribution >= 4 is 34.7 Å². The molecule has 136 valence electrons. The summed E-state index contributed by atoms with van der Waals surface area (Å²) in [5.41, 5.74) is 4.38. The van der Waals surface area contributed by atoms with E-state index < -0.39 is 0 Å². The lowest BCUT2D eigenvalue weighted by Gasteiger charge is -2.19. The van der Waals surface area contributed by atoms with Crippen molar-refractivity contribution in [3.63, 3.8) is 0 Å². The lowest BCUT2D eigenvalue weighted by Crippen LogP contribution is -2.19. The van der Waals surface area contributed by atoms with E-state index in [0.717, 1.165) is 30.0 Å². The van der Waals surface area contributed by atoms with Crippen LogP contribution in [0.15, 0.2) is 48.5 Å². The Morgan fingerprint density at radius 3 is 2.74 bits per heavy atom. The lowest BCUT2D eigenvalue weighted by molar-refractivity contribution is 0.102. The molecule has 0 saturated heterocycles. The number of hydrogen-bond acceptors (Lipinski definition) is 4. The van der Waals surface area contributed by atoms with Crippen LogP contribution in [-0.4, -0.2) is 22.4 Å². The smallest absolute Gasteiger partial charge is 0.274 e. The van der Waals surface area contributed by atoms with Gasteiger partial charge in [0.15, 0.2) is 0 Å². The fourth-order valence-electron chi connectivity index (χ4n) is 3.34. The van der Waals surface area contributed by atoms with Crippen LogP contribution in [0.4, 0.5) is 17.2 Å². The number of rotatable bonds is 3. The monoisotopic (exact) mass is 378 g/mol. The number of amides is 1. The summed E-state index contributed by atoms with van der Waals surface area (Å²) in [6, 6.07) is 15.4. The number of benzene rings is 2. The molecule has 5 nitrogen and oxygen atoms in total. The maximum Gasteiger partial charge on any atom is 0.274 e. The highest BCUT2D eigenvalue weighted by Crippen LogP contribution is 2.33. The van der Waals surface area contributed by atoms with Crippen LogP contribution in [0.1, 0.15) is 27.4 Å². The summed E-state index contributed by atoms with van der Waals surface area (Å²) in [7, 11) is 0. The van der Waals surface area contributed by atoms with Gasteiger partial charge in [0, 0.05) is 29.0 Å². The van der Waals surface area contributed by atoms with E-state index in [4.69, 9.17) is 11.6 Å². The number of carbonyl (C=O) groups excluding carboxylic acids is 1. The molecule has 1 aliphatic rings. The van der Waals surface area contributed by atoms with Gasteiger partial charge in [0.1, 0.15) is 17.3 Å². The Balaban J connectivity index is 1.64. The van der Waals surface area contributed by atoms with Gasteiger partial charge >= 0.3 is 0 Å². The molecule has 6 heteroatoms. The Kier molecular flexibility index (Phi) is 4.54. The second-order valence-electron chi connectivity index (χ2n) is 6.60. The van der Waals surface area contributed by atoms with Crippen LogP contribution in [0.3, 0.4) is 0 Å². The largest absolute Gasteiger partial charge is 0.326 e. The van der Waals surface area contributed by atoms with Crippen molar-refractivity contribution in [1.82, 2.24) is 9.97 Å². The Morgan fingerprint density at radius 2 is 1.93 bits per heavy atom. The third-order valence-corrected chi connectivity index (χ3v) is 4.89. The maximum atomic E-state index is 12.8. The second kappa shape index (κ2) is 7.00. The van der Waals surface area contributed by atoms with E-state index in [2.05, 4.69) is 32.3 Å². The molecular formula is C21H19ClN4O.